The summed E-state index contributed by atoms with van der Waals surface area (Å²) in [5.74, 6) is 1.52. The van der Waals surface area contributed by atoms with Crippen molar-refractivity contribution in [1.29, 1.82) is 0 Å². The summed E-state index contributed by atoms with van der Waals surface area (Å²) >= 11 is 6.54. The minimum atomic E-state index is 0.658. The summed E-state index contributed by atoms with van der Waals surface area (Å²) in [4.78, 5) is 4.85. The lowest BCUT2D eigenvalue weighted by Gasteiger charge is -2.13. The molecule has 1 fully saturated rings. The third-order valence-corrected chi connectivity index (χ3v) is 4.56. The van der Waals surface area contributed by atoms with Gasteiger partial charge in [0.05, 0.1) is 10.7 Å². The highest BCUT2D eigenvalue weighted by molar-refractivity contribution is 6.46. The highest BCUT2D eigenvalue weighted by atomic mass is 35.5. The van der Waals surface area contributed by atoms with Gasteiger partial charge in [-0.05, 0) is 64.7 Å². The Hall–Kier alpha value is -1.08. The second-order valence-corrected chi connectivity index (χ2v) is 7.63. The molecule has 1 nitrogen and oxygen atoms in total. The lowest BCUT2D eigenvalue weighted by atomic mass is 9.97. The van der Waals surface area contributed by atoms with Crippen LogP contribution in [0.4, 0.5) is 0 Å². The first-order valence-electron chi connectivity index (χ1n) is 9.33. The van der Waals surface area contributed by atoms with Crippen molar-refractivity contribution in [3.05, 3.63) is 46.2 Å². The normalized spacial score (nSPS) is 18.6. The molecule has 1 aliphatic carbocycles. The number of aliphatic imine (C=N–C) groups is 1. The number of hydrogen-bond acceptors (Lipinski definition) is 1. The molecule has 0 amide bonds. The predicted octanol–water partition coefficient (Wildman–Crippen LogP) is 7.60. The van der Waals surface area contributed by atoms with Crippen LogP contribution in [-0.2, 0) is 0 Å². The smallest absolute Gasteiger partial charge is 0.0887 e. The SMILES string of the molecule is C/C=C(/Cl)C(=N/C(C)=C/CC)C(/C=C\CC(C)C)=C(\C)CC1CC1. The largest absolute Gasteiger partial charge is 0.252 e. The fourth-order valence-electron chi connectivity index (χ4n) is 2.64. The van der Waals surface area contributed by atoms with Crippen molar-refractivity contribution in [2.75, 3.05) is 0 Å². The first-order valence-corrected chi connectivity index (χ1v) is 9.71. The first-order chi connectivity index (χ1) is 11.4. The first kappa shape index (κ1) is 21.0. The van der Waals surface area contributed by atoms with Gasteiger partial charge in [0.25, 0.3) is 0 Å². The van der Waals surface area contributed by atoms with E-state index in [1.807, 2.05) is 13.0 Å². The minimum absolute atomic E-state index is 0.658. The van der Waals surface area contributed by atoms with Crippen LogP contribution in [0.5, 0.6) is 0 Å². The van der Waals surface area contributed by atoms with Gasteiger partial charge in [-0.3, -0.25) is 4.99 Å². The monoisotopic (exact) mass is 347 g/mol. The third-order valence-electron chi connectivity index (χ3n) is 4.17. The summed E-state index contributed by atoms with van der Waals surface area (Å²) in [6.07, 6.45) is 14.5. The Bertz CT molecular complexity index is 555. The second kappa shape index (κ2) is 10.7. The average molecular weight is 348 g/mol. The fourth-order valence-corrected chi connectivity index (χ4v) is 2.79. The zero-order valence-corrected chi connectivity index (χ0v) is 17.1. The summed E-state index contributed by atoms with van der Waals surface area (Å²) in [5, 5.41) is 0.734. The van der Waals surface area contributed by atoms with Gasteiger partial charge in [-0.25, -0.2) is 0 Å². The van der Waals surface area contributed by atoms with Crippen LogP contribution in [0.2, 0.25) is 0 Å². The van der Waals surface area contributed by atoms with Crippen molar-refractivity contribution in [2.45, 2.75) is 73.6 Å². The molecule has 0 aromatic carbocycles. The van der Waals surface area contributed by atoms with E-state index in [0.717, 1.165) is 41.6 Å². The molecule has 0 unspecified atom stereocenters. The summed E-state index contributed by atoms with van der Waals surface area (Å²) < 4.78 is 0. The number of halogens is 1. The molecule has 1 aliphatic rings. The number of rotatable bonds is 9. The molecule has 0 bridgehead atoms. The van der Waals surface area contributed by atoms with Crippen molar-refractivity contribution < 1.29 is 0 Å². The van der Waals surface area contributed by atoms with E-state index in [4.69, 9.17) is 16.6 Å². The Morgan fingerprint density at radius 3 is 2.42 bits per heavy atom. The third kappa shape index (κ3) is 7.66. The van der Waals surface area contributed by atoms with Gasteiger partial charge in [-0.2, -0.15) is 0 Å². The molecular weight excluding hydrogens is 314 g/mol. The van der Waals surface area contributed by atoms with Crippen LogP contribution in [-0.4, -0.2) is 5.71 Å². The molecule has 0 N–H and O–H groups in total. The maximum atomic E-state index is 6.54. The van der Waals surface area contributed by atoms with Crippen molar-refractivity contribution in [3.63, 3.8) is 0 Å². The molecule has 0 radical (unpaired) electrons. The van der Waals surface area contributed by atoms with Crippen LogP contribution in [0.1, 0.15) is 73.6 Å². The Labute approximate surface area is 154 Å². The van der Waals surface area contributed by atoms with Crippen LogP contribution in [0.25, 0.3) is 0 Å². The minimum Gasteiger partial charge on any atom is -0.252 e. The van der Waals surface area contributed by atoms with Crippen molar-refractivity contribution in [3.8, 4) is 0 Å². The molecule has 134 valence electrons. The molecule has 0 saturated heterocycles. The van der Waals surface area contributed by atoms with Gasteiger partial charge >= 0.3 is 0 Å². The van der Waals surface area contributed by atoms with Gasteiger partial charge in [-0.15, -0.1) is 0 Å². The molecule has 1 rings (SSSR count). The molecule has 0 aromatic heterocycles. The summed E-state index contributed by atoms with van der Waals surface area (Å²) in [6, 6.07) is 0. The van der Waals surface area contributed by atoms with E-state index in [1.165, 1.54) is 24.0 Å². The molecule has 0 aromatic rings. The van der Waals surface area contributed by atoms with E-state index in [-0.39, 0.29) is 0 Å². The molecule has 2 heteroatoms. The van der Waals surface area contributed by atoms with Crippen molar-refractivity contribution >= 4 is 17.3 Å². The molecule has 0 spiro atoms. The van der Waals surface area contributed by atoms with Crippen LogP contribution >= 0.6 is 11.6 Å². The highest BCUT2D eigenvalue weighted by Crippen LogP contribution is 2.36. The van der Waals surface area contributed by atoms with Gasteiger partial charge in [0.2, 0.25) is 0 Å². The van der Waals surface area contributed by atoms with E-state index >= 15 is 0 Å². The Balaban J connectivity index is 3.28. The van der Waals surface area contributed by atoms with Crippen molar-refractivity contribution in [1.82, 2.24) is 0 Å². The predicted molar refractivity (Wildman–Crippen MR) is 110 cm³/mol. The lowest BCUT2D eigenvalue weighted by molar-refractivity contribution is 0.663. The molecular formula is C22H34ClN. The second-order valence-electron chi connectivity index (χ2n) is 7.22. The van der Waals surface area contributed by atoms with E-state index in [9.17, 15) is 0 Å². The summed E-state index contributed by atoms with van der Waals surface area (Å²) in [5.41, 5.74) is 4.55. The zero-order chi connectivity index (χ0) is 18.1. The maximum absolute atomic E-state index is 6.54. The Morgan fingerprint density at radius 2 is 1.92 bits per heavy atom. The quantitative estimate of drug-likeness (QED) is 0.300. The van der Waals surface area contributed by atoms with E-state index < -0.39 is 0 Å². The molecule has 0 atom stereocenters. The van der Waals surface area contributed by atoms with Gasteiger partial charge in [-0.1, -0.05) is 62.2 Å². The molecule has 0 heterocycles. The zero-order valence-electron chi connectivity index (χ0n) is 16.3. The van der Waals surface area contributed by atoms with Crippen LogP contribution in [0, 0.1) is 11.8 Å². The standard InChI is InChI=1S/C22H34ClN/c1-7-10-18(6)24-22(21(23)8-2)20(12-9-11-16(3)4)17(5)15-19-13-14-19/h8-10,12,16,19H,7,11,13-15H2,1-6H3/b12-9-,18-10+,20-17+,21-8+,24-22?. The van der Waals surface area contributed by atoms with E-state index in [1.54, 1.807) is 0 Å². The molecule has 24 heavy (non-hydrogen) atoms. The van der Waals surface area contributed by atoms with Gasteiger partial charge in [0.1, 0.15) is 0 Å². The van der Waals surface area contributed by atoms with Crippen LogP contribution in [0.15, 0.2) is 51.2 Å². The lowest BCUT2D eigenvalue weighted by Crippen LogP contribution is -2.06. The van der Waals surface area contributed by atoms with Crippen LogP contribution < -0.4 is 0 Å². The molecule has 1 saturated carbocycles. The van der Waals surface area contributed by atoms with Crippen LogP contribution in [0.3, 0.4) is 0 Å². The number of nitrogens with zero attached hydrogens (tertiary/aromatic N) is 1. The number of hydrogen-bond donors (Lipinski definition) is 0. The Kier molecular flexibility index (Phi) is 9.36. The van der Waals surface area contributed by atoms with Gasteiger partial charge in [0.15, 0.2) is 0 Å². The van der Waals surface area contributed by atoms with E-state index in [2.05, 4.69) is 52.8 Å². The van der Waals surface area contributed by atoms with Gasteiger partial charge < -0.3 is 0 Å². The van der Waals surface area contributed by atoms with Crippen molar-refractivity contribution in [2.24, 2.45) is 16.8 Å². The fraction of sp³-hybridized carbons (Fsp3) is 0.591. The Morgan fingerprint density at radius 1 is 1.25 bits per heavy atom. The average Bonchev–Trinajstić information content (AvgIpc) is 3.32. The summed E-state index contributed by atoms with van der Waals surface area (Å²) in [7, 11) is 0. The molecule has 0 aliphatic heterocycles. The summed E-state index contributed by atoms with van der Waals surface area (Å²) in [6.45, 7) is 12.9. The topological polar surface area (TPSA) is 12.4 Å². The number of allylic oxidation sites excluding steroid dienone is 8. The van der Waals surface area contributed by atoms with E-state index in [0.29, 0.717) is 5.92 Å². The maximum Gasteiger partial charge on any atom is 0.0887 e. The highest BCUT2D eigenvalue weighted by Gasteiger charge is 2.23. The van der Waals surface area contributed by atoms with Gasteiger partial charge in [0, 0.05) is 11.3 Å².